The van der Waals surface area contributed by atoms with Gasteiger partial charge in [0.2, 0.25) is 0 Å². The number of hydrogen-bond donors (Lipinski definition) is 1. The van der Waals surface area contributed by atoms with E-state index in [1.54, 1.807) is 11.0 Å². The number of nitrogens with two attached hydrogens (primary N) is 1. The minimum absolute atomic E-state index is 0.194. The van der Waals surface area contributed by atoms with Crippen LogP contribution in [-0.2, 0) is 28.9 Å². The lowest BCUT2D eigenvalue weighted by atomic mass is 10.0. The first-order valence-electron chi connectivity index (χ1n) is 10.0. The summed E-state index contributed by atoms with van der Waals surface area (Å²) in [5.74, 6) is 0.0872. The number of halogens is 3. The first-order valence-corrected chi connectivity index (χ1v) is 10.0. The third-order valence-corrected chi connectivity index (χ3v) is 5.84. The molecule has 0 unspecified atom stereocenters. The quantitative estimate of drug-likeness (QED) is 0.651. The molecule has 166 valence electrons. The summed E-state index contributed by atoms with van der Waals surface area (Å²) in [4.78, 5) is 23.6. The lowest BCUT2D eigenvalue weighted by Crippen LogP contribution is -2.43. The number of morpholine rings is 1. The Balaban J connectivity index is 1.48. The third kappa shape index (κ3) is 3.55. The maximum Gasteiger partial charge on any atom is 0.416 e. The van der Waals surface area contributed by atoms with Gasteiger partial charge < -0.3 is 20.1 Å². The zero-order chi connectivity index (χ0) is 22.5. The molecule has 5 rings (SSSR count). The Kier molecular flexibility index (Phi) is 4.98. The van der Waals surface area contributed by atoms with E-state index in [1.807, 2.05) is 0 Å². The molecular weight excluding hydrogens is 425 g/mol. The smallest absolute Gasteiger partial charge is 0.383 e. The second-order valence-corrected chi connectivity index (χ2v) is 7.75. The highest BCUT2D eigenvalue weighted by atomic mass is 19.4. The van der Waals surface area contributed by atoms with Crippen LogP contribution in [0.3, 0.4) is 0 Å². The predicted octanol–water partition coefficient (Wildman–Crippen LogP) is 3.47. The highest BCUT2D eigenvalue weighted by molar-refractivity contribution is 5.98. The molecule has 0 saturated carbocycles. The molecule has 4 heterocycles. The van der Waals surface area contributed by atoms with Crippen LogP contribution < -0.4 is 5.73 Å². The van der Waals surface area contributed by atoms with Gasteiger partial charge in [-0.05, 0) is 29.3 Å². The van der Waals surface area contributed by atoms with Gasteiger partial charge in [0.1, 0.15) is 5.82 Å². The Morgan fingerprint density at radius 2 is 1.88 bits per heavy atom. The summed E-state index contributed by atoms with van der Waals surface area (Å²) in [7, 11) is 0. The van der Waals surface area contributed by atoms with Crippen molar-refractivity contribution in [3.63, 3.8) is 0 Å². The molecule has 2 N–H and O–H groups in total. The summed E-state index contributed by atoms with van der Waals surface area (Å²) < 4.78 is 49.8. The van der Waals surface area contributed by atoms with Gasteiger partial charge in [-0.1, -0.05) is 12.1 Å². The number of rotatable bonds is 2. The number of carbonyl (C=O) groups is 1. The molecule has 1 fully saturated rings. The Labute approximate surface area is 181 Å². The normalized spacial score (nSPS) is 18.7. The molecule has 32 heavy (non-hydrogen) atoms. The van der Waals surface area contributed by atoms with Crippen molar-refractivity contribution in [2.24, 2.45) is 0 Å². The number of alkyl halides is 3. The highest BCUT2D eigenvalue weighted by Crippen LogP contribution is 2.33. The summed E-state index contributed by atoms with van der Waals surface area (Å²) in [6.07, 6.45) is -2.98. The van der Waals surface area contributed by atoms with Crippen LogP contribution in [-0.4, -0.2) is 40.5 Å². The van der Waals surface area contributed by atoms with Crippen LogP contribution in [0.1, 0.15) is 38.7 Å². The number of aromatic nitrogens is 2. The van der Waals surface area contributed by atoms with E-state index in [1.165, 1.54) is 18.3 Å². The number of anilines is 1. The SMILES string of the molecule is Nc1nc2ncc(C(=O)N3CCOC[C@@H]3c3ccc(C(F)(F)F)cc3)cc2c2c1COC2. The van der Waals surface area contributed by atoms with Crippen molar-refractivity contribution in [3.05, 3.63) is 64.3 Å². The average Bonchev–Trinajstić information content (AvgIpc) is 3.29. The molecule has 0 aliphatic carbocycles. The van der Waals surface area contributed by atoms with E-state index in [9.17, 15) is 18.0 Å². The molecule has 1 atom stereocenters. The highest BCUT2D eigenvalue weighted by Gasteiger charge is 2.33. The lowest BCUT2D eigenvalue weighted by molar-refractivity contribution is -0.137. The minimum Gasteiger partial charge on any atom is -0.383 e. The van der Waals surface area contributed by atoms with Gasteiger partial charge in [-0.3, -0.25) is 4.79 Å². The van der Waals surface area contributed by atoms with Crippen molar-refractivity contribution in [1.29, 1.82) is 0 Å². The molecule has 7 nitrogen and oxygen atoms in total. The molecule has 1 amide bonds. The van der Waals surface area contributed by atoms with E-state index in [0.717, 1.165) is 23.3 Å². The summed E-state index contributed by atoms with van der Waals surface area (Å²) in [6.45, 7) is 1.57. The van der Waals surface area contributed by atoms with Crippen molar-refractivity contribution in [2.75, 3.05) is 25.5 Å². The van der Waals surface area contributed by atoms with Gasteiger partial charge in [0.15, 0.2) is 5.65 Å². The van der Waals surface area contributed by atoms with Gasteiger partial charge in [-0.25, -0.2) is 9.97 Å². The van der Waals surface area contributed by atoms with E-state index in [0.29, 0.717) is 54.3 Å². The van der Waals surface area contributed by atoms with E-state index >= 15 is 0 Å². The standard InChI is InChI=1S/C22H19F3N4O3/c23-22(24,25)14-3-1-12(2-4-14)18-11-31-6-5-29(18)21(30)13-7-15-16-9-32-10-17(16)19(26)28-20(15)27-8-13/h1-4,7-8,18H,5-6,9-11H2,(H2,26,27,28)/t18-/m1/s1. The van der Waals surface area contributed by atoms with Crippen molar-refractivity contribution in [1.82, 2.24) is 14.9 Å². The van der Waals surface area contributed by atoms with Crippen LogP contribution in [0, 0.1) is 0 Å². The zero-order valence-corrected chi connectivity index (χ0v) is 16.9. The molecule has 3 aromatic rings. The van der Waals surface area contributed by atoms with Gasteiger partial charge in [0.25, 0.3) is 5.91 Å². The van der Waals surface area contributed by atoms with Crippen LogP contribution in [0.5, 0.6) is 0 Å². The molecule has 0 spiro atoms. The van der Waals surface area contributed by atoms with Crippen molar-refractivity contribution >= 4 is 22.8 Å². The maximum atomic E-state index is 13.4. The number of carbonyl (C=O) groups excluding carboxylic acids is 1. The first-order chi connectivity index (χ1) is 15.3. The van der Waals surface area contributed by atoms with Crippen LogP contribution in [0.15, 0.2) is 36.5 Å². The molecule has 2 aromatic heterocycles. The molecule has 0 radical (unpaired) electrons. The van der Waals surface area contributed by atoms with Gasteiger partial charge in [-0.15, -0.1) is 0 Å². The van der Waals surface area contributed by atoms with E-state index < -0.39 is 17.8 Å². The molecular formula is C22H19F3N4O3. The van der Waals surface area contributed by atoms with Crippen LogP contribution in [0.25, 0.3) is 11.0 Å². The Morgan fingerprint density at radius 3 is 2.62 bits per heavy atom. The number of pyridine rings is 2. The number of ether oxygens (including phenoxy) is 2. The second kappa shape index (κ2) is 7.72. The van der Waals surface area contributed by atoms with Crippen molar-refractivity contribution in [3.8, 4) is 0 Å². The van der Waals surface area contributed by atoms with Gasteiger partial charge in [0.05, 0.1) is 43.6 Å². The number of benzene rings is 1. The van der Waals surface area contributed by atoms with Gasteiger partial charge in [0, 0.05) is 23.7 Å². The van der Waals surface area contributed by atoms with E-state index in [-0.39, 0.29) is 12.5 Å². The third-order valence-electron chi connectivity index (χ3n) is 5.84. The van der Waals surface area contributed by atoms with Crippen molar-refractivity contribution in [2.45, 2.75) is 25.4 Å². The Morgan fingerprint density at radius 1 is 1.12 bits per heavy atom. The number of amides is 1. The van der Waals surface area contributed by atoms with Crippen LogP contribution >= 0.6 is 0 Å². The Bertz CT molecular complexity index is 1200. The molecule has 2 aliphatic heterocycles. The average molecular weight is 444 g/mol. The lowest BCUT2D eigenvalue weighted by Gasteiger charge is -2.36. The number of nitrogen functional groups attached to an aromatic ring is 1. The Hall–Kier alpha value is -3.24. The zero-order valence-electron chi connectivity index (χ0n) is 16.9. The van der Waals surface area contributed by atoms with Crippen molar-refractivity contribution < 1.29 is 27.4 Å². The summed E-state index contributed by atoms with van der Waals surface area (Å²) in [5.41, 5.74) is 8.28. The first kappa shape index (κ1) is 20.7. The van der Waals surface area contributed by atoms with Crippen LogP contribution in [0.4, 0.5) is 19.0 Å². The molecule has 2 aliphatic rings. The number of hydrogen-bond acceptors (Lipinski definition) is 6. The number of nitrogens with zero attached hydrogens (tertiary/aromatic N) is 3. The summed E-state index contributed by atoms with van der Waals surface area (Å²) in [6, 6.07) is 6.03. The molecule has 0 bridgehead atoms. The van der Waals surface area contributed by atoms with E-state index in [2.05, 4.69) is 9.97 Å². The minimum atomic E-state index is -4.42. The second-order valence-electron chi connectivity index (χ2n) is 7.75. The number of fused-ring (bicyclic) bond motifs is 3. The fourth-order valence-electron chi connectivity index (χ4n) is 4.15. The fraction of sp³-hybridized carbons (Fsp3) is 0.318. The van der Waals surface area contributed by atoms with E-state index in [4.69, 9.17) is 15.2 Å². The summed E-state index contributed by atoms with van der Waals surface area (Å²) >= 11 is 0. The largest absolute Gasteiger partial charge is 0.416 e. The molecule has 1 saturated heterocycles. The maximum absolute atomic E-state index is 13.4. The van der Waals surface area contributed by atoms with Gasteiger partial charge >= 0.3 is 6.18 Å². The molecule has 10 heteroatoms. The van der Waals surface area contributed by atoms with Crippen LogP contribution in [0.2, 0.25) is 0 Å². The predicted molar refractivity (Wildman–Crippen MR) is 108 cm³/mol. The van der Waals surface area contributed by atoms with Gasteiger partial charge in [-0.2, -0.15) is 13.2 Å². The topological polar surface area (TPSA) is 90.6 Å². The molecule has 1 aromatic carbocycles. The summed E-state index contributed by atoms with van der Waals surface area (Å²) in [5, 5.41) is 0.705. The fourth-order valence-corrected chi connectivity index (χ4v) is 4.15. The monoisotopic (exact) mass is 444 g/mol.